The van der Waals surface area contributed by atoms with Crippen LogP contribution in [-0.4, -0.2) is 36.7 Å². The first-order valence-electron chi connectivity index (χ1n) is 9.45. The second kappa shape index (κ2) is 9.38. The Kier molecular flexibility index (Phi) is 6.91. The van der Waals surface area contributed by atoms with Crippen molar-refractivity contribution < 1.29 is 9.18 Å². The summed E-state index contributed by atoms with van der Waals surface area (Å²) in [6.45, 7) is 0. The lowest BCUT2D eigenvalue weighted by Gasteiger charge is -2.27. The second-order valence-electron chi connectivity index (χ2n) is 7.28. The highest BCUT2D eigenvalue weighted by Crippen LogP contribution is 2.35. The van der Waals surface area contributed by atoms with Crippen molar-refractivity contribution >= 4 is 17.7 Å². The monoisotopic (exact) mass is 386 g/mol. The molecule has 1 aliphatic heterocycles. The van der Waals surface area contributed by atoms with Gasteiger partial charge >= 0.3 is 0 Å². The summed E-state index contributed by atoms with van der Waals surface area (Å²) in [6, 6.07) is 15.3. The lowest BCUT2D eigenvalue weighted by atomic mass is 10.00. The Labute approximate surface area is 165 Å². The molecule has 5 heteroatoms. The van der Waals surface area contributed by atoms with Gasteiger partial charge < -0.3 is 10.2 Å². The van der Waals surface area contributed by atoms with Crippen molar-refractivity contribution in [2.75, 3.05) is 19.8 Å². The molecule has 0 aliphatic carbocycles. The van der Waals surface area contributed by atoms with Gasteiger partial charge in [0.05, 0.1) is 6.04 Å². The predicted molar refractivity (Wildman–Crippen MR) is 109 cm³/mol. The molecular formula is C22H27FN2OS. The predicted octanol–water partition coefficient (Wildman–Crippen LogP) is 4.43. The van der Waals surface area contributed by atoms with Gasteiger partial charge in [-0.1, -0.05) is 30.3 Å². The summed E-state index contributed by atoms with van der Waals surface area (Å²) in [5.74, 6) is 0.922. The topological polar surface area (TPSA) is 32.3 Å². The van der Waals surface area contributed by atoms with E-state index in [4.69, 9.17) is 0 Å². The van der Waals surface area contributed by atoms with Crippen LogP contribution in [0.3, 0.4) is 0 Å². The van der Waals surface area contributed by atoms with E-state index in [1.165, 1.54) is 22.6 Å². The van der Waals surface area contributed by atoms with Crippen LogP contribution in [0.2, 0.25) is 0 Å². The maximum absolute atomic E-state index is 13.1. The Hall–Kier alpha value is -1.85. The minimum absolute atomic E-state index is 0.104. The number of nitrogens with one attached hydrogen (secondary N) is 1. The molecule has 1 aliphatic rings. The van der Waals surface area contributed by atoms with Gasteiger partial charge in [-0.15, -0.1) is 11.8 Å². The fourth-order valence-corrected chi connectivity index (χ4v) is 4.62. The normalized spacial score (nSPS) is 17.4. The average Bonchev–Trinajstić information content (AvgIpc) is 2.66. The zero-order valence-corrected chi connectivity index (χ0v) is 16.8. The highest BCUT2D eigenvalue weighted by Gasteiger charge is 2.22. The first kappa shape index (κ1) is 19.9. The molecule has 3 nitrogen and oxygen atoms in total. The van der Waals surface area contributed by atoms with Crippen molar-refractivity contribution in [1.29, 1.82) is 0 Å². The van der Waals surface area contributed by atoms with Crippen LogP contribution < -0.4 is 5.32 Å². The van der Waals surface area contributed by atoms with Gasteiger partial charge in [0.15, 0.2) is 0 Å². The molecule has 0 spiro atoms. The lowest BCUT2D eigenvalue weighted by Crippen LogP contribution is -2.34. The summed E-state index contributed by atoms with van der Waals surface area (Å²) in [6.07, 6.45) is 3.05. The van der Waals surface area contributed by atoms with Crippen LogP contribution in [0.1, 0.15) is 36.4 Å². The summed E-state index contributed by atoms with van der Waals surface area (Å²) >= 11 is 1.86. The molecule has 0 saturated heterocycles. The fourth-order valence-electron chi connectivity index (χ4n) is 3.49. The molecule has 0 radical (unpaired) electrons. The molecule has 0 aromatic heterocycles. The molecule has 0 saturated carbocycles. The molecule has 2 aromatic carbocycles. The van der Waals surface area contributed by atoms with Crippen LogP contribution in [0.25, 0.3) is 0 Å². The molecule has 144 valence electrons. The highest BCUT2D eigenvalue weighted by molar-refractivity contribution is 7.99. The smallest absolute Gasteiger partial charge is 0.220 e. The summed E-state index contributed by atoms with van der Waals surface area (Å²) in [4.78, 5) is 16.0. The average molecular weight is 387 g/mol. The highest BCUT2D eigenvalue weighted by atomic mass is 32.2. The molecule has 0 bridgehead atoms. The fraction of sp³-hybridized carbons (Fsp3) is 0.409. The van der Waals surface area contributed by atoms with Gasteiger partial charge in [-0.05, 0) is 62.7 Å². The molecule has 1 amide bonds. The zero-order chi connectivity index (χ0) is 19.2. The Morgan fingerprint density at radius 2 is 1.96 bits per heavy atom. The summed E-state index contributed by atoms with van der Waals surface area (Å²) in [5.41, 5.74) is 2.33. The van der Waals surface area contributed by atoms with Crippen LogP contribution in [0, 0.1) is 5.82 Å². The van der Waals surface area contributed by atoms with E-state index in [0.717, 1.165) is 30.6 Å². The number of hydrogen-bond acceptors (Lipinski definition) is 3. The number of amides is 1. The van der Waals surface area contributed by atoms with Crippen molar-refractivity contribution in [3.63, 3.8) is 0 Å². The number of rotatable bonds is 7. The van der Waals surface area contributed by atoms with Gasteiger partial charge in [0.25, 0.3) is 0 Å². The third-order valence-corrected chi connectivity index (χ3v) is 6.24. The van der Waals surface area contributed by atoms with Crippen LogP contribution in [-0.2, 0) is 11.2 Å². The van der Waals surface area contributed by atoms with Gasteiger partial charge in [-0.3, -0.25) is 4.79 Å². The van der Waals surface area contributed by atoms with Gasteiger partial charge in [0.1, 0.15) is 5.82 Å². The van der Waals surface area contributed by atoms with Crippen LogP contribution in [0.4, 0.5) is 4.39 Å². The number of nitrogens with zero attached hydrogens (tertiary/aromatic N) is 1. The summed E-state index contributed by atoms with van der Waals surface area (Å²) in [5, 5.41) is 3.22. The van der Waals surface area contributed by atoms with Crippen molar-refractivity contribution in [1.82, 2.24) is 10.2 Å². The molecule has 2 atom stereocenters. The van der Waals surface area contributed by atoms with Gasteiger partial charge in [-0.2, -0.15) is 0 Å². The number of carbonyl (C=O) groups excluding carboxylic acids is 1. The molecule has 0 unspecified atom stereocenters. The quantitative estimate of drug-likeness (QED) is 0.764. The van der Waals surface area contributed by atoms with Crippen molar-refractivity contribution in [3.05, 3.63) is 65.5 Å². The van der Waals surface area contributed by atoms with E-state index in [1.807, 2.05) is 50.1 Å². The van der Waals surface area contributed by atoms with E-state index in [-0.39, 0.29) is 23.8 Å². The molecule has 0 fully saturated rings. The number of fused-ring (bicyclic) bond motifs is 1. The maximum Gasteiger partial charge on any atom is 0.220 e. The van der Waals surface area contributed by atoms with Crippen LogP contribution in [0.5, 0.6) is 0 Å². The van der Waals surface area contributed by atoms with Crippen molar-refractivity contribution in [3.8, 4) is 0 Å². The SMILES string of the molecule is CN(C)[C@H](CCC(=O)N[C@H]1CCSc2ccccc21)Cc1ccc(F)cc1. The van der Waals surface area contributed by atoms with E-state index in [9.17, 15) is 9.18 Å². The maximum atomic E-state index is 13.1. The van der Waals surface area contributed by atoms with E-state index in [1.54, 1.807) is 0 Å². The number of hydrogen-bond donors (Lipinski definition) is 1. The Morgan fingerprint density at radius 1 is 1.22 bits per heavy atom. The Morgan fingerprint density at radius 3 is 2.70 bits per heavy atom. The zero-order valence-electron chi connectivity index (χ0n) is 16.0. The summed E-state index contributed by atoms with van der Waals surface area (Å²) < 4.78 is 13.1. The molecule has 2 aromatic rings. The third-order valence-electron chi connectivity index (χ3n) is 5.11. The Bertz CT molecular complexity index is 763. The van der Waals surface area contributed by atoms with E-state index < -0.39 is 0 Å². The minimum Gasteiger partial charge on any atom is -0.349 e. The van der Waals surface area contributed by atoms with Gasteiger partial charge in [0.2, 0.25) is 5.91 Å². The van der Waals surface area contributed by atoms with Gasteiger partial charge in [-0.25, -0.2) is 4.39 Å². The molecular weight excluding hydrogens is 359 g/mol. The molecule has 1 N–H and O–H groups in total. The number of thioether (sulfide) groups is 1. The minimum atomic E-state index is -0.217. The molecule has 27 heavy (non-hydrogen) atoms. The number of halogens is 1. The first-order valence-corrected chi connectivity index (χ1v) is 10.4. The second-order valence-corrected chi connectivity index (χ2v) is 8.42. The van der Waals surface area contributed by atoms with Crippen LogP contribution >= 0.6 is 11.8 Å². The first-order chi connectivity index (χ1) is 13.0. The summed E-state index contributed by atoms with van der Waals surface area (Å²) in [7, 11) is 4.06. The van der Waals surface area contributed by atoms with E-state index in [0.29, 0.717) is 6.42 Å². The molecule has 3 rings (SSSR count). The molecule has 1 heterocycles. The van der Waals surface area contributed by atoms with E-state index in [2.05, 4.69) is 22.3 Å². The van der Waals surface area contributed by atoms with Gasteiger partial charge in [0, 0.05) is 23.1 Å². The number of benzene rings is 2. The standard InChI is InChI=1S/C22H27FN2OS/c1-25(2)18(15-16-7-9-17(23)10-8-16)11-12-22(26)24-20-13-14-27-21-6-4-3-5-19(20)21/h3-10,18,20H,11-15H2,1-2H3,(H,24,26)/t18-,20+/m1/s1. The lowest BCUT2D eigenvalue weighted by molar-refractivity contribution is -0.122. The Balaban J connectivity index is 1.55. The largest absolute Gasteiger partial charge is 0.349 e. The third kappa shape index (κ3) is 5.56. The van der Waals surface area contributed by atoms with E-state index >= 15 is 0 Å². The number of likely N-dealkylation sites (N-methyl/N-ethyl adjacent to an activating group) is 1. The van der Waals surface area contributed by atoms with Crippen molar-refractivity contribution in [2.24, 2.45) is 0 Å². The number of carbonyl (C=O) groups is 1. The van der Waals surface area contributed by atoms with Crippen LogP contribution in [0.15, 0.2) is 53.4 Å². The van der Waals surface area contributed by atoms with Crippen molar-refractivity contribution in [2.45, 2.75) is 42.7 Å².